The van der Waals surface area contributed by atoms with Gasteiger partial charge < -0.3 is 16.0 Å². The van der Waals surface area contributed by atoms with Crippen LogP contribution in [0.4, 0.5) is 5.82 Å². The van der Waals surface area contributed by atoms with E-state index in [4.69, 9.17) is 15.7 Å². The van der Waals surface area contributed by atoms with Gasteiger partial charge in [0.15, 0.2) is 5.82 Å². The van der Waals surface area contributed by atoms with Crippen molar-refractivity contribution in [3.05, 3.63) is 77.1 Å². The summed E-state index contributed by atoms with van der Waals surface area (Å²) in [6.07, 6.45) is 7.26. The van der Waals surface area contributed by atoms with Crippen molar-refractivity contribution in [2.75, 3.05) is 5.32 Å². The van der Waals surface area contributed by atoms with Gasteiger partial charge in [-0.05, 0) is 37.3 Å². The Morgan fingerprint density at radius 3 is 2.65 bits per heavy atom. The largest absolute Gasteiger partial charge is 0.366 e. The Labute approximate surface area is 180 Å². The van der Waals surface area contributed by atoms with Gasteiger partial charge in [-0.3, -0.25) is 4.79 Å². The molecule has 4 aromatic rings. The number of aromatic amines is 1. The van der Waals surface area contributed by atoms with Gasteiger partial charge in [-0.15, -0.1) is 0 Å². The molecule has 0 spiro atoms. The molecule has 0 saturated heterocycles. The highest BCUT2D eigenvalue weighted by molar-refractivity contribution is 6.09. The van der Waals surface area contributed by atoms with E-state index in [0.29, 0.717) is 17.9 Å². The molecule has 2 aromatic carbocycles. The van der Waals surface area contributed by atoms with Gasteiger partial charge in [0.05, 0.1) is 5.69 Å². The number of hydrogen-bond donors (Lipinski definition) is 3. The van der Waals surface area contributed by atoms with Crippen molar-refractivity contribution >= 4 is 22.5 Å². The Balaban J connectivity index is 1.59. The summed E-state index contributed by atoms with van der Waals surface area (Å²) in [5.74, 6) is 1.11. The fourth-order valence-corrected chi connectivity index (χ4v) is 4.37. The fraction of sp³-hybridized carbons (Fsp3) is 0.240. The third kappa shape index (κ3) is 3.77. The third-order valence-corrected chi connectivity index (χ3v) is 5.96. The summed E-state index contributed by atoms with van der Waals surface area (Å²) in [4.78, 5) is 25.0. The molecular formula is C25H25N5O. The standard InChI is InChI=1S/C25H25N5O/c26-23(31)18-12-7-11-17-20(18)15-27-22(17)25-29-21-13-6-2-5-10-19(21)24(30-25)28-14-16-8-3-1-4-9-16/h1,3-4,7-9,11-12,15,27H,2,5-6,10,13-14H2,(H2,26,31)(H,28,29,30). The second kappa shape index (κ2) is 8.22. The molecule has 0 bridgehead atoms. The highest BCUT2D eigenvalue weighted by atomic mass is 16.1. The van der Waals surface area contributed by atoms with Crippen LogP contribution >= 0.6 is 0 Å². The van der Waals surface area contributed by atoms with Gasteiger partial charge in [-0.1, -0.05) is 48.9 Å². The van der Waals surface area contributed by atoms with Gasteiger partial charge >= 0.3 is 0 Å². The zero-order chi connectivity index (χ0) is 21.2. The second-order valence-corrected chi connectivity index (χ2v) is 8.02. The van der Waals surface area contributed by atoms with Crippen LogP contribution in [-0.4, -0.2) is 20.9 Å². The summed E-state index contributed by atoms with van der Waals surface area (Å²) >= 11 is 0. The number of amides is 1. The zero-order valence-electron chi connectivity index (χ0n) is 17.3. The number of nitrogens with two attached hydrogens (primary N) is 1. The number of carbonyl (C=O) groups is 1. The van der Waals surface area contributed by atoms with Crippen LogP contribution in [0, 0.1) is 0 Å². The van der Waals surface area contributed by atoms with E-state index in [2.05, 4.69) is 22.4 Å². The number of rotatable bonds is 5. The number of hydrogen-bond acceptors (Lipinski definition) is 4. The van der Waals surface area contributed by atoms with Gasteiger partial charge in [-0.25, -0.2) is 9.97 Å². The van der Waals surface area contributed by atoms with Crippen molar-refractivity contribution in [1.82, 2.24) is 15.0 Å². The van der Waals surface area contributed by atoms with E-state index >= 15 is 0 Å². The summed E-state index contributed by atoms with van der Waals surface area (Å²) in [7, 11) is 0. The molecular weight excluding hydrogens is 386 g/mol. The lowest BCUT2D eigenvalue weighted by atomic mass is 10.1. The summed E-state index contributed by atoms with van der Waals surface area (Å²) in [6, 6.07) is 15.9. The number of H-pyrrole nitrogens is 1. The number of aromatic nitrogens is 3. The summed E-state index contributed by atoms with van der Waals surface area (Å²) in [5.41, 5.74) is 10.4. The Bertz CT molecular complexity index is 1250. The molecule has 2 heterocycles. The van der Waals surface area contributed by atoms with E-state index in [1.165, 1.54) is 17.5 Å². The lowest BCUT2D eigenvalue weighted by molar-refractivity contribution is 0.100. The minimum Gasteiger partial charge on any atom is -0.366 e. The molecule has 0 fully saturated rings. The number of aryl methyl sites for hydroxylation is 1. The summed E-state index contributed by atoms with van der Waals surface area (Å²) < 4.78 is 0. The minimum atomic E-state index is -0.441. The van der Waals surface area contributed by atoms with Crippen LogP contribution in [0.25, 0.3) is 22.3 Å². The highest BCUT2D eigenvalue weighted by Crippen LogP contribution is 2.32. The van der Waals surface area contributed by atoms with Crippen molar-refractivity contribution in [2.45, 2.75) is 38.6 Å². The first kappa shape index (κ1) is 19.3. The minimum absolute atomic E-state index is 0.441. The molecule has 1 aliphatic rings. The van der Waals surface area contributed by atoms with Crippen molar-refractivity contribution < 1.29 is 4.79 Å². The molecule has 0 aliphatic heterocycles. The topological polar surface area (TPSA) is 96.7 Å². The van der Waals surface area contributed by atoms with Crippen LogP contribution in [-0.2, 0) is 19.4 Å². The van der Waals surface area contributed by atoms with Gasteiger partial charge in [0.2, 0.25) is 5.91 Å². The van der Waals surface area contributed by atoms with Gasteiger partial charge in [-0.2, -0.15) is 0 Å². The fourth-order valence-electron chi connectivity index (χ4n) is 4.37. The van der Waals surface area contributed by atoms with Gasteiger partial charge in [0, 0.05) is 40.3 Å². The number of primary amides is 1. The number of anilines is 1. The molecule has 6 nitrogen and oxygen atoms in total. The zero-order valence-corrected chi connectivity index (χ0v) is 17.3. The lowest BCUT2D eigenvalue weighted by Gasteiger charge is -2.15. The maximum atomic E-state index is 11.8. The number of nitrogens with one attached hydrogen (secondary N) is 2. The van der Waals surface area contributed by atoms with Crippen molar-refractivity contribution in [2.24, 2.45) is 5.73 Å². The Morgan fingerprint density at radius 1 is 0.968 bits per heavy atom. The molecule has 0 radical (unpaired) electrons. The molecule has 2 aromatic heterocycles. The molecule has 0 saturated carbocycles. The molecule has 5 rings (SSSR count). The first-order valence-electron chi connectivity index (χ1n) is 10.8. The van der Waals surface area contributed by atoms with E-state index in [0.717, 1.165) is 53.7 Å². The number of benzene rings is 2. The normalized spacial score (nSPS) is 13.5. The van der Waals surface area contributed by atoms with Crippen molar-refractivity contribution in [1.29, 1.82) is 0 Å². The first-order valence-corrected chi connectivity index (χ1v) is 10.8. The summed E-state index contributed by atoms with van der Waals surface area (Å²) in [6.45, 7) is 0.709. The van der Waals surface area contributed by atoms with Gasteiger partial charge in [0.1, 0.15) is 5.82 Å². The average Bonchev–Trinajstić information content (AvgIpc) is 3.08. The van der Waals surface area contributed by atoms with E-state index in [1.807, 2.05) is 36.5 Å². The monoisotopic (exact) mass is 411 g/mol. The molecule has 31 heavy (non-hydrogen) atoms. The van der Waals surface area contributed by atoms with Crippen LogP contribution in [0.2, 0.25) is 0 Å². The van der Waals surface area contributed by atoms with Crippen LogP contribution in [0.3, 0.4) is 0 Å². The predicted molar refractivity (Wildman–Crippen MR) is 123 cm³/mol. The average molecular weight is 412 g/mol. The molecule has 4 N–H and O–H groups in total. The van der Waals surface area contributed by atoms with E-state index in [1.54, 1.807) is 6.07 Å². The van der Waals surface area contributed by atoms with E-state index in [9.17, 15) is 4.79 Å². The van der Waals surface area contributed by atoms with Crippen LogP contribution < -0.4 is 11.1 Å². The molecule has 1 amide bonds. The number of nitrogens with zero attached hydrogens (tertiary/aromatic N) is 2. The van der Waals surface area contributed by atoms with E-state index < -0.39 is 5.91 Å². The Hall–Kier alpha value is -3.67. The SMILES string of the molecule is NC(=O)c1cccc2c(-c3nc4c(c(NCc5ccccc5)n3)CCCCC4)[nH]cc12. The van der Waals surface area contributed by atoms with Crippen molar-refractivity contribution in [3.63, 3.8) is 0 Å². The van der Waals surface area contributed by atoms with E-state index in [-0.39, 0.29) is 0 Å². The quantitative estimate of drug-likeness (QED) is 0.418. The third-order valence-electron chi connectivity index (χ3n) is 5.96. The molecule has 0 unspecified atom stereocenters. The first-order chi connectivity index (χ1) is 15.2. The molecule has 1 aliphatic carbocycles. The highest BCUT2D eigenvalue weighted by Gasteiger charge is 2.20. The van der Waals surface area contributed by atoms with Gasteiger partial charge in [0.25, 0.3) is 0 Å². The molecule has 0 atom stereocenters. The Kier molecular flexibility index (Phi) is 5.12. The number of fused-ring (bicyclic) bond motifs is 2. The maximum Gasteiger partial charge on any atom is 0.249 e. The predicted octanol–water partition coefficient (Wildman–Crippen LogP) is 4.60. The molecule has 156 valence electrons. The molecule has 6 heteroatoms. The summed E-state index contributed by atoms with van der Waals surface area (Å²) in [5, 5.41) is 5.25. The van der Waals surface area contributed by atoms with Crippen LogP contribution in [0.15, 0.2) is 54.7 Å². The maximum absolute atomic E-state index is 11.8. The Morgan fingerprint density at radius 2 is 1.81 bits per heavy atom. The van der Waals surface area contributed by atoms with Crippen molar-refractivity contribution in [3.8, 4) is 11.5 Å². The smallest absolute Gasteiger partial charge is 0.249 e. The number of carbonyl (C=O) groups excluding carboxylic acids is 1. The van der Waals surface area contributed by atoms with Crippen LogP contribution in [0.1, 0.15) is 46.4 Å². The van der Waals surface area contributed by atoms with Crippen LogP contribution in [0.5, 0.6) is 0 Å². The second-order valence-electron chi connectivity index (χ2n) is 8.02. The lowest BCUT2D eigenvalue weighted by Crippen LogP contribution is -2.11.